The highest BCUT2D eigenvalue weighted by molar-refractivity contribution is 5.35. The molecule has 0 aromatic heterocycles. The molecule has 1 atom stereocenters. The average molecular weight is 207 g/mol. The van der Waals surface area contributed by atoms with Crippen LogP contribution in [0.3, 0.4) is 0 Å². The first kappa shape index (κ1) is 12.1. The van der Waals surface area contributed by atoms with Crippen LogP contribution < -0.4 is 10.5 Å². The zero-order valence-electron chi connectivity index (χ0n) is 9.92. The summed E-state index contributed by atoms with van der Waals surface area (Å²) in [6, 6.07) is 6.35. The van der Waals surface area contributed by atoms with Crippen molar-refractivity contribution in [2.75, 3.05) is 6.61 Å². The van der Waals surface area contributed by atoms with Crippen LogP contribution in [0.15, 0.2) is 18.2 Å². The molecule has 1 rings (SSSR count). The summed E-state index contributed by atoms with van der Waals surface area (Å²) in [6.45, 7) is 6.89. The van der Waals surface area contributed by atoms with Crippen LogP contribution >= 0.6 is 0 Å². The van der Waals surface area contributed by atoms with E-state index in [4.69, 9.17) is 10.5 Å². The molecule has 0 aliphatic heterocycles. The molecule has 1 aromatic carbocycles. The Bertz CT molecular complexity index is 309. The van der Waals surface area contributed by atoms with Crippen LogP contribution in [0.5, 0.6) is 5.75 Å². The number of ether oxygens (including phenoxy) is 1. The molecule has 0 aliphatic rings. The molecule has 0 amide bonds. The summed E-state index contributed by atoms with van der Waals surface area (Å²) >= 11 is 0. The van der Waals surface area contributed by atoms with E-state index in [1.54, 1.807) is 0 Å². The van der Waals surface area contributed by atoms with Crippen molar-refractivity contribution in [2.45, 2.75) is 39.7 Å². The van der Waals surface area contributed by atoms with Gasteiger partial charge in [-0.25, -0.2) is 0 Å². The standard InChI is InChI=1S/C13H21NO/c1-4-5-12(14)9-15-13-7-6-10(2)8-11(13)3/h6-8,12H,4-5,9,14H2,1-3H3. The van der Waals surface area contributed by atoms with Gasteiger partial charge in [-0.3, -0.25) is 0 Å². The fourth-order valence-electron chi connectivity index (χ4n) is 1.61. The normalized spacial score (nSPS) is 12.5. The van der Waals surface area contributed by atoms with Crippen molar-refractivity contribution in [1.29, 1.82) is 0 Å². The Kier molecular flexibility index (Phi) is 4.63. The first-order chi connectivity index (χ1) is 7.13. The molecule has 0 saturated carbocycles. The predicted octanol–water partition coefficient (Wildman–Crippen LogP) is 2.81. The fourth-order valence-corrected chi connectivity index (χ4v) is 1.61. The topological polar surface area (TPSA) is 35.2 Å². The molecule has 0 radical (unpaired) electrons. The number of rotatable bonds is 5. The maximum atomic E-state index is 5.89. The van der Waals surface area contributed by atoms with Crippen LogP contribution in [0.1, 0.15) is 30.9 Å². The smallest absolute Gasteiger partial charge is 0.122 e. The molecule has 1 aromatic rings. The molecular formula is C13H21NO. The molecule has 0 spiro atoms. The molecule has 0 heterocycles. The van der Waals surface area contributed by atoms with E-state index in [-0.39, 0.29) is 6.04 Å². The second kappa shape index (κ2) is 5.76. The van der Waals surface area contributed by atoms with Gasteiger partial charge in [0.1, 0.15) is 12.4 Å². The number of aryl methyl sites for hydroxylation is 2. The summed E-state index contributed by atoms with van der Waals surface area (Å²) in [6.07, 6.45) is 2.13. The van der Waals surface area contributed by atoms with Crippen molar-refractivity contribution < 1.29 is 4.74 Å². The van der Waals surface area contributed by atoms with Gasteiger partial charge in [0.15, 0.2) is 0 Å². The Labute approximate surface area is 92.4 Å². The number of benzene rings is 1. The lowest BCUT2D eigenvalue weighted by atomic mass is 10.1. The van der Waals surface area contributed by atoms with E-state index in [0.29, 0.717) is 6.61 Å². The highest BCUT2D eigenvalue weighted by Gasteiger charge is 2.04. The van der Waals surface area contributed by atoms with E-state index in [1.165, 1.54) is 11.1 Å². The van der Waals surface area contributed by atoms with Gasteiger partial charge in [-0.1, -0.05) is 31.0 Å². The Morgan fingerprint density at radius 2 is 2.07 bits per heavy atom. The van der Waals surface area contributed by atoms with Crippen molar-refractivity contribution in [3.05, 3.63) is 29.3 Å². The zero-order chi connectivity index (χ0) is 11.3. The Morgan fingerprint density at radius 3 is 2.67 bits per heavy atom. The van der Waals surface area contributed by atoms with Gasteiger partial charge in [-0.2, -0.15) is 0 Å². The third-order valence-electron chi connectivity index (χ3n) is 2.44. The van der Waals surface area contributed by atoms with Gasteiger partial charge >= 0.3 is 0 Å². The molecule has 84 valence electrons. The Morgan fingerprint density at radius 1 is 1.33 bits per heavy atom. The first-order valence-corrected chi connectivity index (χ1v) is 5.59. The molecule has 2 heteroatoms. The molecular weight excluding hydrogens is 186 g/mol. The van der Waals surface area contributed by atoms with Gasteiger partial charge in [0.2, 0.25) is 0 Å². The third-order valence-corrected chi connectivity index (χ3v) is 2.44. The maximum absolute atomic E-state index is 5.89. The molecule has 0 aliphatic carbocycles. The number of nitrogens with two attached hydrogens (primary N) is 1. The van der Waals surface area contributed by atoms with Gasteiger partial charge in [0.25, 0.3) is 0 Å². The summed E-state index contributed by atoms with van der Waals surface area (Å²) in [5, 5.41) is 0. The van der Waals surface area contributed by atoms with E-state index in [9.17, 15) is 0 Å². The lowest BCUT2D eigenvalue weighted by Crippen LogP contribution is -2.27. The minimum Gasteiger partial charge on any atom is -0.492 e. The summed E-state index contributed by atoms with van der Waals surface area (Å²) in [7, 11) is 0. The lowest BCUT2D eigenvalue weighted by molar-refractivity contribution is 0.280. The van der Waals surface area contributed by atoms with Gasteiger partial charge in [0, 0.05) is 6.04 Å². The van der Waals surface area contributed by atoms with Crippen LogP contribution in [-0.2, 0) is 0 Å². The minimum absolute atomic E-state index is 0.149. The Hall–Kier alpha value is -1.02. The summed E-state index contributed by atoms with van der Waals surface area (Å²) in [5.41, 5.74) is 8.33. The molecule has 0 bridgehead atoms. The molecule has 2 nitrogen and oxygen atoms in total. The molecule has 0 saturated heterocycles. The van der Waals surface area contributed by atoms with Crippen LogP contribution in [0.25, 0.3) is 0 Å². The lowest BCUT2D eigenvalue weighted by Gasteiger charge is -2.14. The van der Waals surface area contributed by atoms with E-state index in [0.717, 1.165) is 18.6 Å². The third kappa shape index (κ3) is 3.92. The highest BCUT2D eigenvalue weighted by atomic mass is 16.5. The van der Waals surface area contributed by atoms with E-state index < -0.39 is 0 Å². The number of hydrogen-bond donors (Lipinski definition) is 1. The zero-order valence-corrected chi connectivity index (χ0v) is 9.92. The van der Waals surface area contributed by atoms with E-state index in [1.807, 2.05) is 6.07 Å². The Balaban J connectivity index is 2.50. The van der Waals surface area contributed by atoms with Crippen molar-refractivity contribution in [1.82, 2.24) is 0 Å². The SMILES string of the molecule is CCCC(N)COc1ccc(C)cc1C. The van der Waals surface area contributed by atoms with Crippen molar-refractivity contribution in [2.24, 2.45) is 5.73 Å². The summed E-state index contributed by atoms with van der Waals surface area (Å²) in [5.74, 6) is 0.951. The van der Waals surface area contributed by atoms with Crippen LogP contribution in [0.2, 0.25) is 0 Å². The van der Waals surface area contributed by atoms with Gasteiger partial charge in [-0.05, 0) is 31.9 Å². The predicted molar refractivity (Wildman–Crippen MR) is 64.3 cm³/mol. The van der Waals surface area contributed by atoms with Gasteiger partial charge in [0.05, 0.1) is 0 Å². The molecule has 1 unspecified atom stereocenters. The molecule has 15 heavy (non-hydrogen) atoms. The largest absolute Gasteiger partial charge is 0.492 e. The quantitative estimate of drug-likeness (QED) is 0.805. The summed E-state index contributed by atoms with van der Waals surface area (Å²) in [4.78, 5) is 0. The number of hydrogen-bond acceptors (Lipinski definition) is 2. The minimum atomic E-state index is 0.149. The monoisotopic (exact) mass is 207 g/mol. The van der Waals surface area contributed by atoms with Crippen molar-refractivity contribution >= 4 is 0 Å². The van der Waals surface area contributed by atoms with Crippen LogP contribution in [0, 0.1) is 13.8 Å². The maximum Gasteiger partial charge on any atom is 0.122 e. The van der Waals surface area contributed by atoms with E-state index in [2.05, 4.69) is 32.9 Å². The summed E-state index contributed by atoms with van der Waals surface area (Å²) < 4.78 is 5.68. The highest BCUT2D eigenvalue weighted by Crippen LogP contribution is 2.18. The fraction of sp³-hybridized carbons (Fsp3) is 0.538. The van der Waals surface area contributed by atoms with Crippen LogP contribution in [-0.4, -0.2) is 12.6 Å². The van der Waals surface area contributed by atoms with Crippen LogP contribution in [0.4, 0.5) is 0 Å². The van der Waals surface area contributed by atoms with Gasteiger partial charge < -0.3 is 10.5 Å². The average Bonchev–Trinajstić information content (AvgIpc) is 2.17. The molecule has 2 N–H and O–H groups in total. The second-order valence-corrected chi connectivity index (χ2v) is 4.13. The van der Waals surface area contributed by atoms with Crippen molar-refractivity contribution in [3.63, 3.8) is 0 Å². The van der Waals surface area contributed by atoms with Crippen molar-refractivity contribution in [3.8, 4) is 5.75 Å². The van der Waals surface area contributed by atoms with Gasteiger partial charge in [-0.15, -0.1) is 0 Å². The van der Waals surface area contributed by atoms with E-state index >= 15 is 0 Å². The second-order valence-electron chi connectivity index (χ2n) is 4.13. The molecule has 0 fully saturated rings. The first-order valence-electron chi connectivity index (χ1n) is 5.59.